The first kappa shape index (κ1) is 19.8. The lowest BCUT2D eigenvalue weighted by Gasteiger charge is -2.23. The third-order valence-corrected chi connectivity index (χ3v) is 5.43. The molecular formula is C16H15Cl3N2O3S. The number of carbonyl (C=O) groups is 1. The molecule has 5 nitrogen and oxygen atoms in total. The van der Waals surface area contributed by atoms with E-state index in [0.717, 1.165) is 16.1 Å². The van der Waals surface area contributed by atoms with Gasteiger partial charge in [-0.1, -0.05) is 65.1 Å². The number of nitrogens with one attached hydrogen (secondary N) is 1. The van der Waals surface area contributed by atoms with Gasteiger partial charge in [-0.25, -0.2) is 8.42 Å². The third kappa shape index (κ3) is 5.51. The van der Waals surface area contributed by atoms with Crippen molar-refractivity contribution < 1.29 is 13.2 Å². The van der Waals surface area contributed by atoms with Gasteiger partial charge in [0, 0.05) is 6.54 Å². The Bertz CT molecular complexity index is 874. The van der Waals surface area contributed by atoms with Crippen molar-refractivity contribution in [2.45, 2.75) is 6.54 Å². The number of halogens is 3. The highest BCUT2D eigenvalue weighted by Gasteiger charge is 2.24. The molecule has 0 saturated carbocycles. The zero-order valence-corrected chi connectivity index (χ0v) is 16.3. The van der Waals surface area contributed by atoms with Gasteiger partial charge < -0.3 is 5.32 Å². The lowest BCUT2D eigenvalue weighted by atomic mass is 10.2. The molecule has 2 aromatic rings. The summed E-state index contributed by atoms with van der Waals surface area (Å²) in [4.78, 5) is 12.2. The van der Waals surface area contributed by atoms with E-state index in [1.54, 1.807) is 0 Å². The first-order chi connectivity index (χ1) is 11.7. The average molecular weight is 422 g/mol. The first-order valence-corrected chi connectivity index (χ1v) is 10.1. The molecule has 0 saturated heterocycles. The Labute approximate surface area is 161 Å². The largest absolute Gasteiger partial charge is 0.350 e. The molecule has 0 aliphatic heterocycles. The van der Waals surface area contributed by atoms with Gasteiger partial charge in [0.25, 0.3) is 0 Å². The van der Waals surface area contributed by atoms with Crippen molar-refractivity contribution in [1.82, 2.24) is 5.32 Å². The second kappa shape index (κ2) is 8.27. The van der Waals surface area contributed by atoms with E-state index >= 15 is 0 Å². The number of hydrogen-bond acceptors (Lipinski definition) is 3. The molecule has 0 fully saturated rings. The highest BCUT2D eigenvalue weighted by molar-refractivity contribution is 7.92. The number of anilines is 1. The molecule has 1 amide bonds. The summed E-state index contributed by atoms with van der Waals surface area (Å²) in [6.07, 6.45) is 0.982. The SMILES string of the molecule is CS(=O)(=O)N(CC(=O)NCc1ccccc1)c1cc(Cl)c(Cl)cc1Cl. The highest BCUT2D eigenvalue weighted by Crippen LogP contribution is 2.35. The van der Waals surface area contributed by atoms with Crippen LogP contribution in [0.5, 0.6) is 0 Å². The Morgan fingerprint density at radius 2 is 1.64 bits per heavy atom. The van der Waals surface area contributed by atoms with Crippen LogP contribution in [0, 0.1) is 0 Å². The third-order valence-electron chi connectivity index (χ3n) is 3.28. The molecule has 2 aromatic carbocycles. The van der Waals surface area contributed by atoms with E-state index in [9.17, 15) is 13.2 Å². The minimum atomic E-state index is -3.76. The fourth-order valence-electron chi connectivity index (χ4n) is 2.07. The number of amides is 1. The summed E-state index contributed by atoms with van der Waals surface area (Å²) < 4.78 is 25.1. The summed E-state index contributed by atoms with van der Waals surface area (Å²) in [7, 11) is -3.76. The number of hydrogen-bond donors (Lipinski definition) is 1. The summed E-state index contributed by atoms with van der Waals surface area (Å²) >= 11 is 17.9. The first-order valence-electron chi connectivity index (χ1n) is 7.11. The van der Waals surface area contributed by atoms with E-state index in [-0.39, 0.29) is 27.3 Å². The summed E-state index contributed by atoms with van der Waals surface area (Å²) in [6.45, 7) is -0.143. The highest BCUT2D eigenvalue weighted by atomic mass is 35.5. The average Bonchev–Trinajstić information content (AvgIpc) is 2.54. The molecule has 0 aromatic heterocycles. The van der Waals surface area contributed by atoms with Gasteiger partial charge in [-0.3, -0.25) is 9.10 Å². The molecule has 0 unspecified atom stereocenters. The van der Waals surface area contributed by atoms with E-state index in [1.807, 2.05) is 30.3 Å². The van der Waals surface area contributed by atoms with Crippen LogP contribution >= 0.6 is 34.8 Å². The maximum absolute atomic E-state index is 12.2. The van der Waals surface area contributed by atoms with Crippen molar-refractivity contribution in [2.75, 3.05) is 17.1 Å². The number of rotatable bonds is 6. The van der Waals surface area contributed by atoms with Crippen LogP contribution in [0.1, 0.15) is 5.56 Å². The summed E-state index contributed by atoms with van der Waals surface area (Å²) in [5.41, 5.74) is 0.989. The van der Waals surface area contributed by atoms with E-state index in [2.05, 4.69) is 5.32 Å². The molecule has 0 heterocycles. The van der Waals surface area contributed by atoms with Gasteiger partial charge in [-0.15, -0.1) is 0 Å². The van der Waals surface area contributed by atoms with E-state index in [4.69, 9.17) is 34.8 Å². The second-order valence-electron chi connectivity index (χ2n) is 5.25. The number of carbonyl (C=O) groups excluding carboxylic acids is 1. The van der Waals surface area contributed by atoms with Crippen LogP contribution in [0.4, 0.5) is 5.69 Å². The zero-order chi connectivity index (χ0) is 18.6. The molecule has 0 radical (unpaired) electrons. The van der Waals surface area contributed by atoms with Crippen molar-refractivity contribution in [2.24, 2.45) is 0 Å². The smallest absolute Gasteiger partial charge is 0.241 e. The van der Waals surface area contributed by atoms with Gasteiger partial charge in [-0.2, -0.15) is 0 Å². The molecule has 0 aliphatic carbocycles. The van der Waals surface area contributed by atoms with Gasteiger partial charge >= 0.3 is 0 Å². The standard InChI is InChI=1S/C16H15Cl3N2O3S/c1-25(23,24)21(15-8-13(18)12(17)7-14(15)19)10-16(22)20-9-11-5-3-2-4-6-11/h2-8H,9-10H2,1H3,(H,20,22). The van der Waals surface area contributed by atoms with E-state index < -0.39 is 22.5 Å². The van der Waals surface area contributed by atoms with Crippen molar-refractivity contribution in [3.8, 4) is 0 Å². The van der Waals surface area contributed by atoms with E-state index in [1.165, 1.54) is 12.1 Å². The Morgan fingerprint density at radius 3 is 2.24 bits per heavy atom. The van der Waals surface area contributed by atoms with E-state index in [0.29, 0.717) is 0 Å². The zero-order valence-electron chi connectivity index (χ0n) is 13.2. The van der Waals surface area contributed by atoms with Crippen molar-refractivity contribution in [3.63, 3.8) is 0 Å². The van der Waals surface area contributed by atoms with Crippen LogP contribution in [-0.2, 0) is 21.4 Å². The van der Waals surface area contributed by atoms with Crippen LogP contribution in [0.15, 0.2) is 42.5 Å². The predicted octanol–water partition coefficient (Wildman–Crippen LogP) is 3.73. The summed E-state index contributed by atoms with van der Waals surface area (Å²) in [5.74, 6) is -0.476. The van der Waals surface area contributed by atoms with Gasteiger partial charge in [0.15, 0.2) is 0 Å². The quantitative estimate of drug-likeness (QED) is 0.723. The van der Waals surface area contributed by atoms with Gasteiger partial charge in [0.2, 0.25) is 15.9 Å². The fraction of sp³-hybridized carbons (Fsp3) is 0.188. The van der Waals surface area contributed by atoms with Crippen LogP contribution in [0.3, 0.4) is 0 Å². The Hall–Kier alpha value is -1.47. The lowest BCUT2D eigenvalue weighted by molar-refractivity contribution is -0.119. The molecule has 1 N–H and O–H groups in total. The van der Waals surface area contributed by atoms with Gasteiger partial charge in [0.05, 0.1) is 27.0 Å². The molecule has 25 heavy (non-hydrogen) atoms. The van der Waals surface area contributed by atoms with Crippen LogP contribution in [0.25, 0.3) is 0 Å². The Kier molecular flexibility index (Phi) is 6.57. The van der Waals surface area contributed by atoms with Gasteiger partial charge in [0.1, 0.15) is 6.54 Å². The molecule has 2 rings (SSSR count). The normalized spacial score (nSPS) is 11.2. The van der Waals surface area contributed by atoms with Crippen LogP contribution in [-0.4, -0.2) is 27.1 Å². The molecule has 134 valence electrons. The molecule has 0 spiro atoms. The second-order valence-corrected chi connectivity index (χ2v) is 8.38. The topological polar surface area (TPSA) is 66.5 Å². The minimum Gasteiger partial charge on any atom is -0.350 e. The molecule has 9 heteroatoms. The maximum atomic E-state index is 12.2. The van der Waals surface area contributed by atoms with Crippen molar-refractivity contribution >= 4 is 56.4 Å². The molecule has 0 aliphatic rings. The fourth-order valence-corrected chi connectivity index (χ4v) is 3.62. The summed E-state index contributed by atoms with van der Waals surface area (Å²) in [6, 6.07) is 11.9. The minimum absolute atomic E-state index is 0.0793. The van der Waals surface area contributed by atoms with Gasteiger partial charge in [-0.05, 0) is 17.7 Å². The molecular weight excluding hydrogens is 407 g/mol. The Balaban J connectivity index is 2.19. The van der Waals surface area contributed by atoms with Crippen LogP contribution in [0.2, 0.25) is 15.1 Å². The molecule has 0 atom stereocenters. The predicted molar refractivity (Wildman–Crippen MR) is 102 cm³/mol. The van der Waals surface area contributed by atoms with Crippen LogP contribution < -0.4 is 9.62 Å². The van der Waals surface area contributed by atoms with Crippen molar-refractivity contribution in [1.29, 1.82) is 0 Å². The maximum Gasteiger partial charge on any atom is 0.241 e. The summed E-state index contributed by atoms with van der Waals surface area (Å²) in [5, 5.41) is 3.08. The number of nitrogens with zero attached hydrogens (tertiary/aromatic N) is 1. The number of sulfonamides is 1. The van der Waals surface area contributed by atoms with Crippen molar-refractivity contribution in [3.05, 3.63) is 63.1 Å². The monoisotopic (exact) mass is 420 g/mol. The molecule has 0 bridgehead atoms. The number of benzene rings is 2. The lowest BCUT2D eigenvalue weighted by Crippen LogP contribution is -2.40. The Morgan fingerprint density at radius 1 is 1.04 bits per heavy atom.